The minimum Gasteiger partial charge on any atom is -0.311 e. The van der Waals surface area contributed by atoms with Crippen molar-refractivity contribution in [2.24, 2.45) is 0 Å². The van der Waals surface area contributed by atoms with E-state index >= 15 is 0 Å². The van der Waals surface area contributed by atoms with Crippen LogP contribution in [-0.4, -0.2) is 41.6 Å². The van der Waals surface area contributed by atoms with Gasteiger partial charge in [-0.15, -0.1) is 0 Å². The molecule has 0 saturated heterocycles. The van der Waals surface area contributed by atoms with E-state index in [1.54, 1.807) is 22.9 Å². The van der Waals surface area contributed by atoms with Gasteiger partial charge in [0.2, 0.25) is 0 Å². The highest BCUT2D eigenvalue weighted by Gasteiger charge is 2.17. The molecule has 0 aliphatic carbocycles. The quantitative estimate of drug-likeness (QED) is 0.405. The van der Waals surface area contributed by atoms with E-state index in [9.17, 15) is 4.79 Å². The molecule has 172 valence electrons. The van der Waals surface area contributed by atoms with Gasteiger partial charge in [0, 0.05) is 30.9 Å². The van der Waals surface area contributed by atoms with E-state index in [2.05, 4.69) is 37.4 Å². The van der Waals surface area contributed by atoms with Gasteiger partial charge < -0.3 is 9.47 Å². The summed E-state index contributed by atoms with van der Waals surface area (Å²) in [5.41, 5.74) is 3.75. The molecule has 2 aromatic carbocycles. The number of anilines is 2. The van der Waals surface area contributed by atoms with Gasteiger partial charge >= 0.3 is 0 Å². The third-order valence-corrected chi connectivity index (χ3v) is 6.05. The number of hydrogen-bond donors (Lipinski definition) is 1. The van der Waals surface area contributed by atoms with Crippen LogP contribution >= 0.6 is 0 Å². The minimum atomic E-state index is -0.00970. The molecule has 0 bridgehead atoms. The Balaban J connectivity index is 1.26. The van der Waals surface area contributed by atoms with E-state index < -0.39 is 0 Å². The standard InChI is InChI=1S/C26H22N8O/c1-32(26-20-6-2-3-7-22(20)29-30-26)25-21-16-34(31-24(21)27-17-28-25)15-19-11-9-18(10-12-19)14-33-13-5-4-8-23(33)35/h2-13,16-17H,14-15H2,1H3,(H,29,30). The van der Waals surface area contributed by atoms with Gasteiger partial charge in [0.15, 0.2) is 11.5 Å². The molecule has 9 heteroatoms. The van der Waals surface area contributed by atoms with Gasteiger partial charge in [0.25, 0.3) is 5.56 Å². The SMILES string of the molecule is CN(c1ncnc2nn(Cc3ccc(Cn4ccccc4=O)cc3)cc12)c1n[nH]c2ccccc12. The van der Waals surface area contributed by atoms with Crippen LogP contribution in [0, 0.1) is 0 Å². The molecule has 0 fully saturated rings. The first-order valence-corrected chi connectivity index (χ1v) is 11.2. The third-order valence-electron chi connectivity index (χ3n) is 6.05. The molecule has 1 N–H and O–H groups in total. The van der Waals surface area contributed by atoms with Crippen LogP contribution in [-0.2, 0) is 13.1 Å². The van der Waals surface area contributed by atoms with Gasteiger partial charge in [-0.3, -0.25) is 14.6 Å². The zero-order valence-electron chi connectivity index (χ0n) is 19.0. The van der Waals surface area contributed by atoms with Crippen molar-refractivity contribution < 1.29 is 0 Å². The first kappa shape index (κ1) is 20.8. The smallest absolute Gasteiger partial charge is 0.250 e. The van der Waals surface area contributed by atoms with E-state index in [0.717, 1.165) is 39.1 Å². The predicted octanol–water partition coefficient (Wildman–Crippen LogP) is 3.73. The van der Waals surface area contributed by atoms with Gasteiger partial charge in [0.05, 0.1) is 24.0 Å². The second kappa shape index (κ2) is 8.53. The topological polar surface area (TPSA) is 97.5 Å². The third kappa shape index (κ3) is 3.93. The second-order valence-electron chi connectivity index (χ2n) is 8.40. The number of hydrogen-bond acceptors (Lipinski definition) is 6. The van der Waals surface area contributed by atoms with Crippen LogP contribution in [0.5, 0.6) is 0 Å². The van der Waals surface area contributed by atoms with Gasteiger partial charge in [-0.1, -0.05) is 42.5 Å². The lowest BCUT2D eigenvalue weighted by atomic mass is 10.1. The van der Waals surface area contributed by atoms with Crippen molar-refractivity contribution in [2.45, 2.75) is 13.1 Å². The number of para-hydroxylation sites is 1. The van der Waals surface area contributed by atoms with Crippen LogP contribution in [0.25, 0.3) is 21.9 Å². The normalized spacial score (nSPS) is 11.3. The van der Waals surface area contributed by atoms with Crippen molar-refractivity contribution in [3.63, 3.8) is 0 Å². The molecular weight excluding hydrogens is 440 g/mol. The van der Waals surface area contributed by atoms with Crippen LogP contribution in [0.2, 0.25) is 0 Å². The Hall–Kier alpha value is -4.79. The van der Waals surface area contributed by atoms with Crippen molar-refractivity contribution in [2.75, 3.05) is 11.9 Å². The summed E-state index contributed by atoms with van der Waals surface area (Å²) in [5, 5.41) is 14.1. The molecule has 6 aromatic rings. The highest BCUT2D eigenvalue weighted by Crippen LogP contribution is 2.31. The Morgan fingerprint density at radius 2 is 1.63 bits per heavy atom. The number of aromatic amines is 1. The summed E-state index contributed by atoms with van der Waals surface area (Å²) in [4.78, 5) is 22.8. The molecule has 0 aliphatic rings. The fraction of sp³-hybridized carbons (Fsp3) is 0.115. The zero-order valence-corrected chi connectivity index (χ0v) is 19.0. The average Bonchev–Trinajstić information content (AvgIpc) is 3.50. The van der Waals surface area contributed by atoms with E-state index in [1.165, 1.54) is 6.33 Å². The zero-order chi connectivity index (χ0) is 23.8. The lowest BCUT2D eigenvalue weighted by Gasteiger charge is -2.15. The molecule has 6 rings (SSSR count). The number of H-pyrrole nitrogens is 1. The summed E-state index contributed by atoms with van der Waals surface area (Å²) >= 11 is 0. The Morgan fingerprint density at radius 1 is 0.857 bits per heavy atom. The largest absolute Gasteiger partial charge is 0.311 e. The Kier molecular flexibility index (Phi) is 5.07. The van der Waals surface area contributed by atoms with E-state index in [0.29, 0.717) is 18.7 Å². The number of benzene rings is 2. The molecule has 0 radical (unpaired) electrons. The molecule has 4 aromatic heterocycles. The molecule has 0 spiro atoms. The van der Waals surface area contributed by atoms with E-state index in [-0.39, 0.29) is 5.56 Å². The molecule has 35 heavy (non-hydrogen) atoms. The van der Waals surface area contributed by atoms with Crippen LogP contribution in [0.15, 0.2) is 90.2 Å². The molecule has 0 saturated carbocycles. The maximum Gasteiger partial charge on any atom is 0.250 e. The molecule has 4 heterocycles. The Labute approximate surface area is 200 Å². The number of nitrogens with zero attached hydrogens (tertiary/aromatic N) is 7. The number of pyridine rings is 1. The summed E-state index contributed by atoms with van der Waals surface area (Å²) in [6, 6.07) is 21.4. The summed E-state index contributed by atoms with van der Waals surface area (Å²) in [5.74, 6) is 1.53. The van der Waals surface area contributed by atoms with Crippen molar-refractivity contribution >= 4 is 33.6 Å². The summed E-state index contributed by atoms with van der Waals surface area (Å²) in [6.07, 6.45) is 5.29. The highest BCUT2D eigenvalue weighted by molar-refractivity contribution is 5.95. The monoisotopic (exact) mass is 462 g/mol. The van der Waals surface area contributed by atoms with Gasteiger partial charge in [0.1, 0.15) is 12.1 Å². The van der Waals surface area contributed by atoms with E-state index in [4.69, 9.17) is 0 Å². The first-order valence-electron chi connectivity index (χ1n) is 11.2. The maximum absolute atomic E-state index is 12.0. The number of fused-ring (bicyclic) bond motifs is 2. The fourth-order valence-electron chi connectivity index (χ4n) is 4.25. The number of nitrogens with one attached hydrogen (secondary N) is 1. The molecule has 0 aliphatic heterocycles. The fourth-order valence-corrected chi connectivity index (χ4v) is 4.25. The second-order valence-corrected chi connectivity index (χ2v) is 8.40. The summed E-state index contributed by atoms with van der Waals surface area (Å²) in [7, 11) is 1.94. The molecule has 0 atom stereocenters. The number of rotatable bonds is 6. The lowest BCUT2D eigenvalue weighted by molar-refractivity contribution is 0.692. The molecular formula is C26H22N8O. The lowest BCUT2D eigenvalue weighted by Crippen LogP contribution is -2.18. The minimum absolute atomic E-state index is 0.00970. The van der Waals surface area contributed by atoms with Crippen LogP contribution in [0.1, 0.15) is 11.1 Å². The first-order chi connectivity index (χ1) is 17.2. The van der Waals surface area contributed by atoms with Crippen molar-refractivity contribution in [1.29, 1.82) is 0 Å². The average molecular weight is 463 g/mol. The summed E-state index contributed by atoms with van der Waals surface area (Å²) < 4.78 is 3.56. The van der Waals surface area contributed by atoms with Gasteiger partial charge in [-0.25, -0.2) is 9.97 Å². The Morgan fingerprint density at radius 3 is 2.46 bits per heavy atom. The van der Waals surface area contributed by atoms with Crippen LogP contribution < -0.4 is 10.5 Å². The molecule has 9 nitrogen and oxygen atoms in total. The van der Waals surface area contributed by atoms with Crippen molar-refractivity contribution in [3.8, 4) is 0 Å². The van der Waals surface area contributed by atoms with Crippen molar-refractivity contribution in [1.82, 2.24) is 34.5 Å². The number of aromatic nitrogens is 7. The van der Waals surface area contributed by atoms with Crippen LogP contribution in [0.4, 0.5) is 11.6 Å². The predicted molar refractivity (Wildman–Crippen MR) is 135 cm³/mol. The van der Waals surface area contributed by atoms with Gasteiger partial charge in [-0.2, -0.15) is 10.2 Å². The van der Waals surface area contributed by atoms with Crippen LogP contribution in [0.3, 0.4) is 0 Å². The molecule has 0 unspecified atom stereocenters. The maximum atomic E-state index is 12.0. The Bertz CT molecular complexity index is 1700. The highest BCUT2D eigenvalue weighted by atomic mass is 16.1. The summed E-state index contributed by atoms with van der Waals surface area (Å²) in [6.45, 7) is 1.13. The van der Waals surface area contributed by atoms with Crippen molar-refractivity contribution in [3.05, 3.63) is 107 Å². The van der Waals surface area contributed by atoms with E-state index in [1.807, 2.05) is 65.3 Å². The molecule has 0 amide bonds. The van der Waals surface area contributed by atoms with Gasteiger partial charge in [-0.05, 0) is 29.3 Å².